The SMILES string of the molecule is CCOc1ccccc1CN1C(=O)c2ccc([N+](=O)[O-])cc2C1=O. The molecule has 7 heteroatoms. The lowest BCUT2D eigenvalue weighted by Crippen LogP contribution is -2.29. The second kappa shape index (κ2) is 6.11. The van der Waals surface area contributed by atoms with E-state index in [1.165, 1.54) is 12.1 Å². The van der Waals surface area contributed by atoms with Crippen LogP contribution >= 0.6 is 0 Å². The molecule has 0 unspecified atom stereocenters. The molecule has 0 radical (unpaired) electrons. The average molecular weight is 326 g/mol. The molecule has 3 rings (SSSR count). The van der Waals surface area contributed by atoms with Crippen LogP contribution in [0.3, 0.4) is 0 Å². The molecule has 2 aromatic rings. The van der Waals surface area contributed by atoms with Crippen LogP contribution in [0.4, 0.5) is 5.69 Å². The minimum Gasteiger partial charge on any atom is -0.494 e. The molecule has 7 nitrogen and oxygen atoms in total. The van der Waals surface area contributed by atoms with Gasteiger partial charge >= 0.3 is 0 Å². The van der Waals surface area contributed by atoms with E-state index >= 15 is 0 Å². The number of hydrogen-bond acceptors (Lipinski definition) is 5. The Morgan fingerprint density at radius 3 is 2.50 bits per heavy atom. The Morgan fingerprint density at radius 2 is 1.79 bits per heavy atom. The number of rotatable bonds is 5. The first kappa shape index (κ1) is 15.7. The van der Waals surface area contributed by atoms with E-state index in [0.29, 0.717) is 17.9 Å². The fourth-order valence-corrected chi connectivity index (χ4v) is 2.64. The van der Waals surface area contributed by atoms with Gasteiger partial charge in [0.1, 0.15) is 5.75 Å². The summed E-state index contributed by atoms with van der Waals surface area (Å²) in [5, 5.41) is 10.9. The molecule has 0 aromatic heterocycles. The summed E-state index contributed by atoms with van der Waals surface area (Å²) in [4.78, 5) is 36.3. The van der Waals surface area contributed by atoms with E-state index in [1.807, 2.05) is 6.92 Å². The van der Waals surface area contributed by atoms with Gasteiger partial charge in [0.2, 0.25) is 0 Å². The topological polar surface area (TPSA) is 89.8 Å². The van der Waals surface area contributed by atoms with E-state index < -0.39 is 16.7 Å². The van der Waals surface area contributed by atoms with Gasteiger partial charge in [-0.1, -0.05) is 18.2 Å². The number of ether oxygens (including phenoxy) is 1. The number of imide groups is 1. The van der Waals surface area contributed by atoms with Gasteiger partial charge in [-0.2, -0.15) is 0 Å². The van der Waals surface area contributed by atoms with Crippen molar-refractivity contribution in [1.82, 2.24) is 4.90 Å². The van der Waals surface area contributed by atoms with Crippen molar-refractivity contribution < 1.29 is 19.2 Å². The lowest BCUT2D eigenvalue weighted by molar-refractivity contribution is -0.384. The first-order chi connectivity index (χ1) is 11.5. The Morgan fingerprint density at radius 1 is 1.08 bits per heavy atom. The molecule has 0 fully saturated rings. The molecule has 0 saturated heterocycles. The maximum absolute atomic E-state index is 12.5. The minimum atomic E-state index is -0.592. The molecule has 1 aliphatic heterocycles. The molecule has 1 aliphatic rings. The molecular formula is C17H14N2O5. The zero-order valence-electron chi connectivity index (χ0n) is 12.9. The second-order valence-corrected chi connectivity index (χ2v) is 5.22. The van der Waals surface area contributed by atoms with Gasteiger partial charge in [0, 0.05) is 17.7 Å². The van der Waals surface area contributed by atoms with Crippen molar-refractivity contribution in [2.75, 3.05) is 6.61 Å². The molecular weight excluding hydrogens is 312 g/mol. The van der Waals surface area contributed by atoms with Crippen LogP contribution in [0.25, 0.3) is 0 Å². The monoisotopic (exact) mass is 326 g/mol. The standard InChI is InChI=1S/C17H14N2O5/c1-2-24-15-6-4-3-5-11(15)10-18-16(20)13-8-7-12(19(22)23)9-14(13)17(18)21/h3-9H,2,10H2,1H3. The van der Waals surface area contributed by atoms with Crippen molar-refractivity contribution in [2.45, 2.75) is 13.5 Å². The number of nitro groups is 1. The minimum absolute atomic E-state index is 0.0519. The molecule has 0 saturated carbocycles. The van der Waals surface area contributed by atoms with Crippen LogP contribution in [0.5, 0.6) is 5.75 Å². The van der Waals surface area contributed by atoms with E-state index in [0.717, 1.165) is 11.0 Å². The second-order valence-electron chi connectivity index (χ2n) is 5.22. The van der Waals surface area contributed by atoms with Crippen LogP contribution in [0.2, 0.25) is 0 Å². The molecule has 122 valence electrons. The molecule has 0 N–H and O–H groups in total. The Hall–Kier alpha value is -3.22. The number of benzene rings is 2. The maximum atomic E-state index is 12.5. The van der Waals surface area contributed by atoms with Gasteiger partial charge in [-0.25, -0.2) is 0 Å². The fraction of sp³-hybridized carbons (Fsp3) is 0.176. The van der Waals surface area contributed by atoms with Crippen LogP contribution in [0.15, 0.2) is 42.5 Å². The Labute approximate surface area is 137 Å². The zero-order chi connectivity index (χ0) is 17.3. The maximum Gasteiger partial charge on any atom is 0.270 e. The van der Waals surface area contributed by atoms with Crippen molar-refractivity contribution in [3.8, 4) is 5.75 Å². The highest BCUT2D eigenvalue weighted by atomic mass is 16.6. The summed E-state index contributed by atoms with van der Waals surface area (Å²) >= 11 is 0. The van der Waals surface area contributed by atoms with Crippen molar-refractivity contribution in [2.24, 2.45) is 0 Å². The summed E-state index contributed by atoms with van der Waals surface area (Å²) in [5.41, 5.74) is 0.720. The number of amides is 2. The fourth-order valence-electron chi connectivity index (χ4n) is 2.64. The van der Waals surface area contributed by atoms with E-state index in [4.69, 9.17) is 4.74 Å². The van der Waals surface area contributed by atoms with E-state index in [1.54, 1.807) is 24.3 Å². The summed E-state index contributed by atoms with van der Waals surface area (Å²) < 4.78 is 5.51. The first-order valence-corrected chi connectivity index (χ1v) is 7.38. The largest absolute Gasteiger partial charge is 0.494 e. The van der Waals surface area contributed by atoms with Crippen molar-refractivity contribution in [3.63, 3.8) is 0 Å². The predicted molar refractivity (Wildman–Crippen MR) is 84.9 cm³/mol. The number of non-ortho nitro benzene ring substituents is 1. The molecule has 2 aromatic carbocycles. The number of para-hydroxylation sites is 1. The molecule has 0 spiro atoms. The van der Waals surface area contributed by atoms with Gasteiger partial charge in [-0.3, -0.25) is 24.6 Å². The molecule has 1 heterocycles. The highest BCUT2D eigenvalue weighted by molar-refractivity contribution is 6.21. The van der Waals surface area contributed by atoms with Gasteiger partial charge in [0.05, 0.1) is 29.2 Å². The quantitative estimate of drug-likeness (QED) is 0.479. The van der Waals surface area contributed by atoms with Crippen LogP contribution in [-0.4, -0.2) is 28.2 Å². The molecule has 0 atom stereocenters. The average Bonchev–Trinajstić information content (AvgIpc) is 2.81. The van der Waals surface area contributed by atoms with Crippen LogP contribution in [-0.2, 0) is 6.54 Å². The number of fused-ring (bicyclic) bond motifs is 1. The van der Waals surface area contributed by atoms with Gasteiger partial charge < -0.3 is 4.74 Å². The number of nitrogens with zero attached hydrogens (tertiary/aromatic N) is 2. The Bertz CT molecular complexity index is 847. The summed E-state index contributed by atoms with van der Waals surface area (Å²) in [6.07, 6.45) is 0. The predicted octanol–water partition coefficient (Wildman–Crippen LogP) is 2.79. The first-order valence-electron chi connectivity index (χ1n) is 7.38. The highest BCUT2D eigenvalue weighted by Gasteiger charge is 2.37. The third-order valence-electron chi connectivity index (χ3n) is 3.77. The zero-order valence-corrected chi connectivity index (χ0v) is 12.9. The van der Waals surface area contributed by atoms with Crippen LogP contribution < -0.4 is 4.74 Å². The van der Waals surface area contributed by atoms with E-state index in [9.17, 15) is 19.7 Å². The van der Waals surface area contributed by atoms with E-state index in [2.05, 4.69) is 0 Å². The van der Waals surface area contributed by atoms with Crippen molar-refractivity contribution in [1.29, 1.82) is 0 Å². The molecule has 0 aliphatic carbocycles. The number of carbonyl (C=O) groups is 2. The van der Waals surface area contributed by atoms with Gasteiger partial charge in [0.25, 0.3) is 17.5 Å². The molecule has 2 amide bonds. The lowest BCUT2D eigenvalue weighted by atomic mass is 10.1. The van der Waals surface area contributed by atoms with Crippen molar-refractivity contribution >= 4 is 17.5 Å². The van der Waals surface area contributed by atoms with Crippen LogP contribution in [0.1, 0.15) is 33.2 Å². The summed E-state index contributed by atoms with van der Waals surface area (Å²) in [6, 6.07) is 10.8. The third-order valence-corrected chi connectivity index (χ3v) is 3.77. The molecule has 0 bridgehead atoms. The number of carbonyl (C=O) groups excluding carboxylic acids is 2. The van der Waals surface area contributed by atoms with Crippen LogP contribution in [0, 0.1) is 10.1 Å². The summed E-state index contributed by atoms with van der Waals surface area (Å²) in [6.45, 7) is 2.36. The Balaban J connectivity index is 1.93. The van der Waals surface area contributed by atoms with Gasteiger partial charge in [0.15, 0.2) is 0 Å². The third kappa shape index (κ3) is 2.60. The lowest BCUT2D eigenvalue weighted by Gasteiger charge is -2.16. The van der Waals surface area contributed by atoms with Gasteiger partial charge in [-0.05, 0) is 19.1 Å². The smallest absolute Gasteiger partial charge is 0.270 e. The van der Waals surface area contributed by atoms with Gasteiger partial charge in [-0.15, -0.1) is 0 Å². The highest BCUT2D eigenvalue weighted by Crippen LogP contribution is 2.29. The number of hydrogen-bond donors (Lipinski definition) is 0. The molecule has 24 heavy (non-hydrogen) atoms. The Kier molecular flexibility index (Phi) is 3.99. The number of nitro benzene ring substituents is 1. The van der Waals surface area contributed by atoms with E-state index in [-0.39, 0.29) is 23.4 Å². The van der Waals surface area contributed by atoms with Crippen molar-refractivity contribution in [3.05, 3.63) is 69.3 Å². The summed E-state index contributed by atoms with van der Waals surface area (Å²) in [5.74, 6) is -0.399. The summed E-state index contributed by atoms with van der Waals surface area (Å²) in [7, 11) is 0. The normalized spacial score (nSPS) is 13.1.